The average Bonchev–Trinajstić information content (AvgIpc) is 2.40. The van der Waals surface area contributed by atoms with Gasteiger partial charge in [-0.2, -0.15) is 0 Å². The van der Waals surface area contributed by atoms with E-state index in [4.69, 9.17) is 4.74 Å². The van der Waals surface area contributed by atoms with Gasteiger partial charge in [0.05, 0.1) is 0 Å². The molecule has 1 aliphatic heterocycles. The van der Waals surface area contributed by atoms with Crippen molar-refractivity contribution < 1.29 is 9.53 Å². The third kappa shape index (κ3) is 3.76. The van der Waals surface area contributed by atoms with E-state index in [1.165, 1.54) is 0 Å². The van der Waals surface area contributed by atoms with Crippen LogP contribution in [-0.2, 0) is 4.74 Å². The fourth-order valence-corrected chi connectivity index (χ4v) is 2.26. The second kappa shape index (κ2) is 4.71. The Kier molecular flexibility index (Phi) is 3.90. The summed E-state index contributed by atoms with van der Waals surface area (Å²) in [5, 5.41) is 0. The molecule has 1 aliphatic rings. The van der Waals surface area contributed by atoms with Gasteiger partial charge in [-0.1, -0.05) is 19.9 Å². The maximum atomic E-state index is 12.0. The number of carbonyl (C=O) groups excluding carboxylic acids is 1. The highest BCUT2D eigenvalue weighted by atomic mass is 16.6. The Morgan fingerprint density at radius 3 is 2.59 bits per heavy atom. The molecule has 0 aromatic heterocycles. The highest BCUT2D eigenvalue weighted by Gasteiger charge is 2.41. The first kappa shape index (κ1) is 14.1. The molecule has 1 heterocycles. The van der Waals surface area contributed by atoms with Crippen LogP contribution in [0.1, 0.15) is 41.0 Å². The van der Waals surface area contributed by atoms with Crippen LogP contribution in [0.4, 0.5) is 4.79 Å². The van der Waals surface area contributed by atoms with E-state index in [0.29, 0.717) is 5.92 Å². The lowest BCUT2D eigenvalue weighted by Crippen LogP contribution is -2.36. The van der Waals surface area contributed by atoms with Gasteiger partial charge in [-0.3, -0.25) is 0 Å². The predicted molar refractivity (Wildman–Crippen MR) is 69.9 cm³/mol. The summed E-state index contributed by atoms with van der Waals surface area (Å²) < 4.78 is 5.40. The van der Waals surface area contributed by atoms with Crippen molar-refractivity contribution in [3.8, 4) is 0 Å². The minimum Gasteiger partial charge on any atom is -0.444 e. The van der Waals surface area contributed by atoms with Gasteiger partial charge in [0.1, 0.15) is 5.60 Å². The van der Waals surface area contributed by atoms with Crippen molar-refractivity contribution in [1.82, 2.24) is 4.90 Å². The fourth-order valence-electron chi connectivity index (χ4n) is 2.26. The smallest absolute Gasteiger partial charge is 0.410 e. The first-order valence-corrected chi connectivity index (χ1v) is 6.24. The Morgan fingerprint density at radius 2 is 2.12 bits per heavy atom. The molecule has 17 heavy (non-hydrogen) atoms. The van der Waals surface area contributed by atoms with E-state index in [-0.39, 0.29) is 11.5 Å². The molecule has 1 amide bonds. The molecule has 0 saturated carbocycles. The first-order valence-electron chi connectivity index (χ1n) is 6.24. The SMILES string of the molecule is C=CC[C@H]1CN(C(=O)OC(C)(C)C)CC1(C)C. The van der Waals surface area contributed by atoms with E-state index in [9.17, 15) is 4.79 Å². The van der Waals surface area contributed by atoms with Crippen molar-refractivity contribution in [3.05, 3.63) is 12.7 Å². The summed E-state index contributed by atoms with van der Waals surface area (Å²) in [6, 6.07) is 0. The van der Waals surface area contributed by atoms with Gasteiger partial charge in [-0.25, -0.2) is 4.79 Å². The van der Waals surface area contributed by atoms with E-state index >= 15 is 0 Å². The van der Waals surface area contributed by atoms with Crippen LogP contribution in [0.5, 0.6) is 0 Å². The van der Waals surface area contributed by atoms with Gasteiger partial charge >= 0.3 is 6.09 Å². The number of likely N-dealkylation sites (tertiary alicyclic amines) is 1. The Balaban J connectivity index is 2.64. The second-order valence-corrected chi connectivity index (χ2v) is 6.57. The Bertz CT molecular complexity index is 302. The van der Waals surface area contributed by atoms with Gasteiger partial charge in [0.15, 0.2) is 0 Å². The van der Waals surface area contributed by atoms with Gasteiger partial charge in [0.25, 0.3) is 0 Å². The molecule has 3 nitrogen and oxygen atoms in total. The highest BCUT2D eigenvalue weighted by molar-refractivity contribution is 5.68. The largest absolute Gasteiger partial charge is 0.444 e. The summed E-state index contributed by atoms with van der Waals surface area (Å²) in [5.74, 6) is 0.479. The van der Waals surface area contributed by atoms with Gasteiger partial charge in [0, 0.05) is 13.1 Å². The number of carbonyl (C=O) groups is 1. The summed E-state index contributed by atoms with van der Waals surface area (Å²) in [4.78, 5) is 13.8. The molecule has 98 valence electrons. The van der Waals surface area contributed by atoms with Crippen LogP contribution < -0.4 is 0 Å². The molecule has 0 aliphatic carbocycles. The van der Waals surface area contributed by atoms with Crippen LogP contribution in [0.25, 0.3) is 0 Å². The molecule has 3 heteroatoms. The summed E-state index contributed by atoms with van der Waals surface area (Å²) in [6.07, 6.45) is 2.69. The molecule has 0 spiro atoms. The summed E-state index contributed by atoms with van der Waals surface area (Å²) >= 11 is 0. The minimum atomic E-state index is -0.419. The Labute approximate surface area is 105 Å². The quantitative estimate of drug-likeness (QED) is 0.691. The number of nitrogens with zero attached hydrogens (tertiary/aromatic N) is 1. The van der Waals surface area contributed by atoms with E-state index < -0.39 is 5.60 Å². The number of ether oxygens (including phenoxy) is 1. The number of hydrogen-bond acceptors (Lipinski definition) is 2. The normalized spacial score (nSPS) is 23.6. The zero-order valence-corrected chi connectivity index (χ0v) is 11.7. The number of hydrogen-bond donors (Lipinski definition) is 0. The van der Waals surface area contributed by atoms with Gasteiger partial charge in [0.2, 0.25) is 0 Å². The van der Waals surface area contributed by atoms with Crippen LogP contribution in [-0.4, -0.2) is 29.7 Å². The van der Waals surface area contributed by atoms with Crippen LogP contribution in [0.15, 0.2) is 12.7 Å². The summed E-state index contributed by atoms with van der Waals surface area (Å²) in [6.45, 7) is 15.4. The van der Waals surface area contributed by atoms with Crippen molar-refractivity contribution >= 4 is 6.09 Å². The van der Waals surface area contributed by atoms with Crippen LogP contribution in [0.3, 0.4) is 0 Å². The molecule has 0 aromatic rings. The van der Waals surface area contributed by atoms with Crippen LogP contribution in [0.2, 0.25) is 0 Å². The lowest BCUT2D eigenvalue weighted by atomic mass is 9.80. The van der Waals surface area contributed by atoms with Gasteiger partial charge < -0.3 is 9.64 Å². The zero-order valence-electron chi connectivity index (χ0n) is 11.7. The van der Waals surface area contributed by atoms with Crippen molar-refractivity contribution in [2.45, 2.75) is 46.6 Å². The van der Waals surface area contributed by atoms with E-state index in [2.05, 4.69) is 20.4 Å². The third-order valence-corrected chi connectivity index (χ3v) is 3.25. The summed E-state index contributed by atoms with van der Waals surface area (Å²) in [5.41, 5.74) is -0.275. The van der Waals surface area contributed by atoms with Crippen LogP contribution >= 0.6 is 0 Å². The number of allylic oxidation sites excluding steroid dienone is 1. The standard InChI is InChI=1S/C14H25NO2/c1-7-8-11-9-15(10-14(11,5)6)12(16)17-13(2,3)4/h7,11H,1,8-10H2,2-6H3/t11-/m0/s1. The van der Waals surface area contributed by atoms with E-state index in [1.54, 1.807) is 0 Å². The first-order chi connectivity index (χ1) is 7.65. The second-order valence-electron chi connectivity index (χ2n) is 6.57. The van der Waals surface area contributed by atoms with Gasteiger partial charge in [-0.15, -0.1) is 6.58 Å². The number of rotatable bonds is 2. The van der Waals surface area contributed by atoms with Crippen molar-refractivity contribution in [3.63, 3.8) is 0 Å². The molecule has 0 N–H and O–H groups in total. The summed E-state index contributed by atoms with van der Waals surface area (Å²) in [7, 11) is 0. The van der Waals surface area contributed by atoms with Gasteiger partial charge in [-0.05, 0) is 38.5 Å². The molecular weight excluding hydrogens is 214 g/mol. The van der Waals surface area contributed by atoms with Crippen molar-refractivity contribution in [1.29, 1.82) is 0 Å². The Hall–Kier alpha value is -0.990. The van der Waals surface area contributed by atoms with Crippen LogP contribution in [0, 0.1) is 11.3 Å². The molecule has 1 rings (SSSR count). The highest BCUT2D eigenvalue weighted by Crippen LogP contribution is 2.37. The van der Waals surface area contributed by atoms with Crippen molar-refractivity contribution in [2.75, 3.05) is 13.1 Å². The van der Waals surface area contributed by atoms with E-state index in [0.717, 1.165) is 19.5 Å². The van der Waals surface area contributed by atoms with E-state index in [1.807, 2.05) is 31.7 Å². The Morgan fingerprint density at radius 1 is 1.53 bits per heavy atom. The molecule has 0 aromatic carbocycles. The third-order valence-electron chi connectivity index (χ3n) is 3.25. The number of amides is 1. The molecular formula is C14H25NO2. The minimum absolute atomic E-state index is 0.144. The maximum absolute atomic E-state index is 12.0. The molecule has 0 radical (unpaired) electrons. The topological polar surface area (TPSA) is 29.5 Å². The lowest BCUT2D eigenvalue weighted by Gasteiger charge is -2.25. The molecule has 0 bridgehead atoms. The average molecular weight is 239 g/mol. The lowest BCUT2D eigenvalue weighted by molar-refractivity contribution is 0.0277. The monoisotopic (exact) mass is 239 g/mol. The molecule has 1 saturated heterocycles. The fraction of sp³-hybridized carbons (Fsp3) is 0.786. The molecule has 0 unspecified atom stereocenters. The van der Waals surface area contributed by atoms with Crippen molar-refractivity contribution in [2.24, 2.45) is 11.3 Å². The maximum Gasteiger partial charge on any atom is 0.410 e. The molecule has 1 atom stereocenters. The zero-order chi connectivity index (χ0) is 13.3. The predicted octanol–water partition coefficient (Wildman–Crippen LogP) is 3.46. The molecule has 1 fully saturated rings.